The van der Waals surface area contributed by atoms with E-state index < -0.39 is 0 Å². The van der Waals surface area contributed by atoms with Gasteiger partial charge in [0.25, 0.3) is 0 Å². The Hall–Kier alpha value is -1.44. The van der Waals surface area contributed by atoms with Crippen LogP contribution in [0, 0.1) is 0 Å². The second-order valence-corrected chi connectivity index (χ2v) is 4.65. The molecule has 1 saturated heterocycles. The number of aromatic nitrogens is 3. The van der Waals surface area contributed by atoms with Crippen LogP contribution in [0.1, 0.15) is 0 Å². The Kier molecular flexibility index (Phi) is 5.67. The third-order valence-electron chi connectivity index (χ3n) is 3.29. The quantitative estimate of drug-likeness (QED) is 0.433. The molecule has 20 heavy (non-hydrogen) atoms. The SMILES string of the molecule is C=CCn1c(OC)nc([N+]2(C)CCOCC2)nc1=O.[Cl-]. The lowest BCUT2D eigenvalue weighted by atomic mass is 10.4. The highest BCUT2D eigenvalue weighted by molar-refractivity contribution is 5.25. The summed E-state index contributed by atoms with van der Waals surface area (Å²) in [7, 11) is 3.49. The summed E-state index contributed by atoms with van der Waals surface area (Å²) in [6.45, 7) is 6.70. The number of nitrogens with zero attached hydrogens (tertiary/aromatic N) is 4. The van der Waals surface area contributed by atoms with Crippen LogP contribution in [-0.4, -0.2) is 55.0 Å². The molecule has 2 heterocycles. The van der Waals surface area contributed by atoms with E-state index in [2.05, 4.69) is 16.5 Å². The summed E-state index contributed by atoms with van der Waals surface area (Å²) in [5, 5.41) is 0. The van der Waals surface area contributed by atoms with Gasteiger partial charge in [-0.2, -0.15) is 0 Å². The molecule has 7 nitrogen and oxygen atoms in total. The van der Waals surface area contributed by atoms with Gasteiger partial charge in [0.15, 0.2) is 0 Å². The van der Waals surface area contributed by atoms with Gasteiger partial charge in [0.1, 0.15) is 13.1 Å². The van der Waals surface area contributed by atoms with E-state index in [1.807, 2.05) is 7.05 Å². The molecule has 112 valence electrons. The van der Waals surface area contributed by atoms with E-state index in [1.165, 1.54) is 11.7 Å². The van der Waals surface area contributed by atoms with Crippen molar-refractivity contribution in [3.63, 3.8) is 0 Å². The maximum atomic E-state index is 12.0. The molecule has 0 bridgehead atoms. The van der Waals surface area contributed by atoms with E-state index in [1.54, 1.807) is 6.08 Å². The maximum absolute atomic E-state index is 12.0. The van der Waals surface area contributed by atoms with Gasteiger partial charge in [-0.05, 0) is 0 Å². The fourth-order valence-electron chi connectivity index (χ4n) is 2.03. The predicted octanol–water partition coefficient (Wildman–Crippen LogP) is -3.20. The molecular weight excluding hydrogens is 284 g/mol. The Labute approximate surface area is 123 Å². The van der Waals surface area contributed by atoms with Crippen LogP contribution < -0.4 is 27.3 Å². The first kappa shape index (κ1) is 16.6. The first-order chi connectivity index (χ1) is 9.10. The number of ether oxygens (including phenoxy) is 2. The lowest BCUT2D eigenvalue weighted by Crippen LogP contribution is -3.00. The first-order valence-corrected chi connectivity index (χ1v) is 6.17. The van der Waals surface area contributed by atoms with Crippen LogP contribution in [0.5, 0.6) is 6.01 Å². The van der Waals surface area contributed by atoms with Crippen LogP contribution in [-0.2, 0) is 11.3 Å². The summed E-state index contributed by atoms with van der Waals surface area (Å²) in [4.78, 5) is 20.5. The minimum atomic E-state index is -0.368. The largest absolute Gasteiger partial charge is 1.00 e. The maximum Gasteiger partial charge on any atom is 0.358 e. The van der Waals surface area contributed by atoms with Gasteiger partial charge >= 0.3 is 17.6 Å². The molecule has 0 spiro atoms. The molecule has 0 saturated carbocycles. The van der Waals surface area contributed by atoms with Crippen LogP contribution in [0.25, 0.3) is 0 Å². The van der Waals surface area contributed by atoms with E-state index >= 15 is 0 Å². The van der Waals surface area contributed by atoms with E-state index in [0.29, 0.717) is 30.2 Å². The lowest BCUT2D eigenvalue weighted by Gasteiger charge is -2.34. The molecule has 0 unspecified atom stereocenters. The lowest BCUT2D eigenvalue weighted by molar-refractivity contribution is -0.00000647. The standard InChI is InChI=1S/C12H19N4O3.ClH/c1-4-5-15-11(17)13-10(14-12(15)18-3)16(2)6-8-19-9-7-16;/h4H,1,5-9H2,2-3H3;1H/q+1;/p-1. The monoisotopic (exact) mass is 302 g/mol. The van der Waals surface area contributed by atoms with Gasteiger partial charge in [-0.15, -0.1) is 16.5 Å². The fraction of sp³-hybridized carbons (Fsp3) is 0.583. The minimum absolute atomic E-state index is 0. The molecule has 2 rings (SSSR count). The van der Waals surface area contributed by atoms with Crippen LogP contribution in [0.3, 0.4) is 0 Å². The third-order valence-corrected chi connectivity index (χ3v) is 3.29. The summed E-state index contributed by atoms with van der Waals surface area (Å²) in [5.41, 5.74) is -0.368. The second kappa shape index (κ2) is 6.83. The van der Waals surface area contributed by atoms with Crippen molar-refractivity contribution in [1.82, 2.24) is 19.0 Å². The summed E-state index contributed by atoms with van der Waals surface area (Å²) in [6.07, 6.45) is 1.61. The average Bonchev–Trinajstić information content (AvgIpc) is 2.41. The van der Waals surface area contributed by atoms with Gasteiger partial charge in [-0.3, -0.25) is 4.48 Å². The van der Waals surface area contributed by atoms with Gasteiger partial charge in [0, 0.05) is 0 Å². The second-order valence-electron chi connectivity index (χ2n) is 4.65. The molecule has 0 aromatic carbocycles. The zero-order valence-electron chi connectivity index (χ0n) is 11.7. The molecule has 1 aromatic heterocycles. The normalized spacial score (nSPS) is 17.1. The minimum Gasteiger partial charge on any atom is -1.00 e. The molecule has 8 heteroatoms. The van der Waals surface area contributed by atoms with Gasteiger partial charge < -0.3 is 21.9 Å². The number of allylic oxidation sites excluding steroid dienone is 1. The van der Waals surface area contributed by atoms with E-state index in [0.717, 1.165) is 13.1 Å². The topological polar surface area (TPSA) is 66.2 Å². The summed E-state index contributed by atoms with van der Waals surface area (Å²) in [5.74, 6) is 0.477. The van der Waals surface area contributed by atoms with E-state index in [4.69, 9.17) is 9.47 Å². The van der Waals surface area contributed by atoms with Crippen molar-refractivity contribution in [3.05, 3.63) is 23.1 Å². The third kappa shape index (κ3) is 3.17. The molecule has 0 N–H and O–H groups in total. The van der Waals surface area contributed by atoms with Gasteiger partial charge in [-0.1, -0.05) is 6.08 Å². The highest BCUT2D eigenvalue weighted by Crippen LogP contribution is 2.18. The Balaban J connectivity index is 0.00000200. The fourth-order valence-corrected chi connectivity index (χ4v) is 2.03. The Morgan fingerprint density at radius 3 is 2.65 bits per heavy atom. The predicted molar refractivity (Wildman–Crippen MR) is 71.3 cm³/mol. The molecule has 0 atom stereocenters. The van der Waals surface area contributed by atoms with E-state index in [-0.39, 0.29) is 24.1 Å². The van der Waals surface area contributed by atoms with Crippen molar-refractivity contribution in [3.8, 4) is 6.01 Å². The number of methoxy groups -OCH3 is 1. The molecule has 1 aliphatic rings. The van der Waals surface area contributed by atoms with Gasteiger partial charge in [0.2, 0.25) is 0 Å². The zero-order valence-corrected chi connectivity index (χ0v) is 12.5. The number of hydrogen-bond donors (Lipinski definition) is 0. The van der Waals surface area contributed by atoms with Crippen molar-refractivity contribution in [2.75, 3.05) is 40.5 Å². The molecule has 0 aliphatic carbocycles. The average molecular weight is 303 g/mol. The first-order valence-electron chi connectivity index (χ1n) is 6.17. The van der Waals surface area contributed by atoms with Gasteiger partial charge in [-0.25, -0.2) is 9.36 Å². The van der Waals surface area contributed by atoms with Crippen LogP contribution in [0.4, 0.5) is 5.95 Å². The highest BCUT2D eigenvalue weighted by Gasteiger charge is 2.33. The highest BCUT2D eigenvalue weighted by atomic mass is 35.5. The molecule has 0 amide bonds. The summed E-state index contributed by atoms with van der Waals surface area (Å²) < 4.78 is 12.4. The van der Waals surface area contributed by atoms with Crippen molar-refractivity contribution in [2.45, 2.75) is 6.54 Å². The summed E-state index contributed by atoms with van der Waals surface area (Å²) >= 11 is 0. The number of morpholine rings is 1. The molecule has 0 radical (unpaired) electrons. The van der Waals surface area contributed by atoms with Crippen molar-refractivity contribution in [2.24, 2.45) is 0 Å². The van der Waals surface area contributed by atoms with Crippen LogP contribution >= 0.6 is 0 Å². The smallest absolute Gasteiger partial charge is 0.358 e. The number of rotatable bonds is 4. The van der Waals surface area contributed by atoms with Crippen LogP contribution in [0.2, 0.25) is 0 Å². The number of halogens is 1. The van der Waals surface area contributed by atoms with Gasteiger partial charge in [0.05, 0.1) is 33.9 Å². The number of likely N-dealkylation sites (N-methyl/N-ethyl adjacent to an activating group) is 1. The van der Waals surface area contributed by atoms with Crippen molar-refractivity contribution >= 4 is 5.95 Å². The Bertz CT molecular complexity index is 526. The zero-order chi connectivity index (χ0) is 13.9. The Morgan fingerprint density at radius 2 is 2.10 bits per heavy atom. The molecule has 1 aromatic rings. The number of quaternary nitrogens is 1. The molecule has 1 fully saturated rings. The van der Waals surface area contributed by atoms with Crippen molar-refractivity contribution in [1.29, 1.82) is 0 Å². The molecule has 1 aliphatic heterocycles. The van der Waals surface area contributed by atoms with E-state index in [9.17, 15) is 4.79 Å². The number of hydrogen-bond acceptors (Lipinski definition) is 5. The Morgan fingerprint density at radius 1 is 1.45 bits per heavy atom. The van der Waals surface area contributed by atoms with Crippen LogP contribution in [0.15, 0.2) is 17.4 Å². The van der Waals surface area contributed by atoms with Crippen molar-refractivity contribution < 1.29 is 21.9 Å². The summed E-state index contributed by atoms with van der Waals surface area (Å²) in [6, 6.07) is 0.265. The molecular formula is C12H19ClN4O3.